The number of anilines is 1. The van der Waals surface area contributed by atoms with Gasteiger partial charge in [0.2, 0.25) is 0 Å². The van der Waals surface area contributed by atoms with Crippen LogP contribution in [0.4, 0.5) is 10.5 Å². The number of para-hydroxylation sites is 2. The number of ether oxygens (including phenoxy) is 1. The highest BCUT2D eigenvalue weighted by molar-refractivity contribution is 6.24. The zero-order valence-electron chi connectivity index (χ0n) is 22.8. The lowest BCUT2D eigenvalue weighted by Crippen LogP contribution is -2.48. The molecule has 0 bridgehead atoms. The highest BCUT2D eigenvalue weighted by Gasteiger charge is 2.53. The number of nitrogens with zero attached hydrogens (tertiary/aromatic N) is 2. The van der Waals surface area contributed by atoms with Crippen LogP contribution in [-0.2, 0) is 16.0 Å². The molecular weight excluding hydrogens is 540 g/mol. The van der Waals surface area contributed by atoms with Crippen LogP contribution in [0.2, 0.25) is 0 Å². The number of carboxylic acid groups (broad SMARTS) is 1. The van der Waals surface area contributed by atoms with Crippen LogP contribution in [0.25, 0.3) is 10.9 Å². The first-order valence-electron chi connectivity index (χ1n) is 13.4. The number of hydrogen-bond donors (Lipinski definition) is 4. The molecule has 6 rings (SSSR count). The van der Waals surface area contributed by atoms with E-state index in [4.69, 9.17) is 4.74 Å². The molecule has 11 nitrogen and oxygen atoms in total. The third-order valence-corrected chi connectivity index (χ3v) is 7.88. The van der Waals surface area contributed by atoms with Crippen molar-refractivity contribution in [2.24, 2.45) is 0 Å². The van der Waals surface area contributed by atoms with Gasteiger partial charge in [0.1, 0.15) is 17.8 Å². The molecule has 4 atom stereocenters. The van der Waals surface area contributed by atoms with E-state index in [1.807, 2.05) is 42.5 Å². The van der Waals surface area contributed by atoms with E-state index in [9.17, 15) is 29.4 Å². The number of rotatable bonds is 7. The summed E-state index contributed by atoms with van der Waals surface area (Å²) in [7, 11) is 1.55. The Hall–Kier alpha value is -5.16. The summed E-state index contributed by atoms with van der Waals surface area (Å²) in [5.74, 6) is -2.18. The van der Waals surface area contributed by atoms with Gasteiger partial charge in [0, 0.05) is 23.0 Å². The molecule has 42 heavy (non-hydrogen) atoms. The first-order chi connectivity index (χ1) is 20.2. The van der Waals surface area contributed by atoms with E-state index in [2.05, 4.69) is 10.3 Å². The lowest BCUT2D eigenvalue weighted by molar-refractivity contribution is -0.141. The van der Waals surface area contributed by atoms with Gasteiger partial charge in [-0.05, 0) is 48.4 Å². The van der Waals surface area contributed by atoms with Gasteiger partial charge in [-0.25, -0.2) is 14.5 Å². The molecule has 4 aromatic rings. The van der Waals surface area contributed by atoms with Crippen molar-refractivity contribution in [3.63, 3.8) is 0 Å². The van der Waals surface area contributed by atoms with Crippen molar-refractivity contribution in [2.45, 2.75) is 37.6 Å². The number of hydrogen-bond acceptors (Lipinski definition) is 6. The maximum Gasteiger partial charge on any atom is 0.332 e. The Kier molecular flexibility index (Phi) is 6.66. The molecule has 1 saturated heterocycles. The molecule has 0 saturated carbocycles. The SMILES string of the molecule is COc1cccc([C@@H]2c3[nH]c4ccccc4c3C[C@H]3C(=O)N(c4ccccc4C(=O)N[C@H](C(=O)O)[C@@H](C)O)C(=O)N23)c1. The Morgan fingerprint density at radius 2 is 1.79 bits per heavy atom. The van der Waals surface area contributed by atoms with Crippen molar-refractivity contribution in [1.82, 2.24) is 15.2 Å². The first kappa shape index (κ1) is 27.0. The lowest BCUT2D eigenvalue weighted by Gasteiger charge is -2.36. The number of aliphatic hydroxyl groups is 1. The minimum atomic E-state index is -1.59. The topological polar surface area (TPSA) is 152 Å². The van der Waals surface area contributed by atoms with Crippen molar-refractivity contribution in [2.75, 3.05) is 12.0 Å². The number of benzene rings is 3. The number of urea groups is 1. The summed E-state index contributed by atoms with van der Waals surface area (Å²) in [6.07, 6.45) is -1.12. The molecule has 0 aliphatic carbocycles. The van der Waals surface area contributed by atoms with Crippen molar-refractivity contribution < 1.29 is 34.1 Å². The van der Waals surface area contributed by atoms with Gasteiger partial charge in [-0.15, -0.1) is 0 Å². The number of methoxy groups -OCH3 is 1. The van der Waals surface area contributed by atoms with Crippen LogP contribution in [0.5, 0.6) is 5.75 Å². The zero-order chi connectivity index (χ0) is 29.7. The minimum Gasteiger partial charge on any atom is -0.497 e. The number of aromatic nitrogens is 1. The van der Waals surface area contributed by atoms with E-state index in [0.29, 0.717) is 5.75 Å². The van der Waals surface area contributed by atoms with Gasteiger partial charge in [0.05, 0.1) is 24.5 Å². The van der Waals surface area contributed by atoms with Crippen molar-refractivity contribution in [1.29, 1.82) is 0 Å². The summed E-state index contributed by atoms with van der Waals surface area (Å²) in [6, 6.07) is 17.4. The number of carboxylic acids is 1. The summed E-state index contributed by atoms with van der Waals surface area (Å²) in [5, 5.41) is 22.6. The molecule has 2 aliphatic rings. The number of nitrogens with one attached hydrogen (secondary N) is 2. The van der Waals surface area contributed by atoms with Gasteiger partial charge >= 0.3 is 12.0 Å². The van der Waals surface area contributed by atoms with Crippen LogP contribution >= 0.6 is 0 Å². The van der Waals surface area contributed by atoms with Gasteiger partial charge in [-0.3, -0.25) is 14.5 Å². The average molecular weight is 569 g/mol. The Balaban J connectivity index is 1.45. The Labute approximate surface area is 240 Å². The molecule has 3 aromatic carbocycles. The van der Waals surface area contributed by atoms with E-state index in [1.54, 1.807) is 25.3 Å². The predicted molar refractivity (Wildman–Crippen MR) is 152 cm³/mol. The van der Waals surface area contributed by atoms with Crippen LogP contribution < -0.4 is 15.0 Å². The van der Waals surface area contributed by atoms with Gasteiger partial charge in [-0.1, -0.05) is 42.5 Å². The molecular formula is C31H28N4O7. The standard InChI is InChI=1S/C31H28N4O7/c1-16(36)25(30(39)40)33-28(37)20-11-4-6-13-23(20)35-29(38)24-15-21-19-10-3-5-12-22(19)32-26(21)27(34(24)31(35)41)17-8-7-9-18(14-17)42-2/h3-14,16,24-25,27,32,36H,15H2,1-2H3,(H,33,37)(H,39,40)/t16-,24+,25+,27-/m1/s1. The minimum absolute atomic E-state index is 0.0204. The smallest absolute Gasteiger partial charge is 0.332 e. The molecule has 11 heteroatoms. The van der Waals surface area contributed by atoms with Gasteiger partial charge in [-0.2, -0.15) is 0 Å². The number of imide groups is 1. The molecule has 1 aromatic heterocycles. The lowest BCUT2D eigenvalue weighted by atomic mass is 9.89. The van der Waals surface area contributed by atoms with E-state index in [0.717, 1.165) is 32.6 Å². The fourth-order valence-electron chi connectivity index (χ4n) is 5.92. The van der Waals surface area contributed by atoms with E-state index >= 15 is 0 Å². The molecule has 214 valence electrons. The van der Waals surface area contributed by atoms with Crippen LogP contribution in [0.1, 0.15) is 40.1 Å². The molecule has 0 radical (unpaired) electrons. The molecule has 0 unspecified atom stereocenters. The third kappa shape index (κ3) is 4.25. The predicted octanol–water partition coefficient (Wildman–Crippen LogP) is 3.22. The number of H-pyrrole nitrogens is 1. The Morgan fingerprint density at radius 1 is 1.05 bits per heavy atom. The summed E-state index contributed by atoms with van der Waals surface area (Å²) < 4.78 is 5.45. The fourth-order valence-corrected chi connectivity index (χ4v) is 5.92. The van der Waals surface area contributed by atoms with Crippen LogP contribution in [-0.4, -0.2) is 69.2 Å². The van der Waals surface area contributed by atoms with E-state index in [1.165, 1.54) is 24.0 Å². The fraction of sp³-hybridized carbons (Fsp3) is 0.226. The quantitative estimate of drug-likeness (QED) is 0.250. The van der Waals surface area contributed by atoms with Crippen molar-refractivity contribution in [3.8, 4) is 5.75 Å². The molecule has 2 aliphatic heterocycles. The number of carbonyl (C=O) groups excluding carboxylic acids is 3. The molecule has 4 amide bonds. The zero-order valence-corrected chi connectivity index (χ0v) is 22.8. The van der Waals surface area contributed by atoms with Gasteiger partial charge < -0.3 is 25.3 Å². The maximum absolute atomic E-state index is 14.2. The summed E-state index contributed by atoms with van der Waals surface area (Å²) in [6.45, 7) is 1.24. The second-order valence-corrected chi connectivity index (χ2v) is 10.4. The molecule has 0 spiro atoms. The monoisotopic (exact) mass is 568 g/mol. The number of aliphatic hydroxyl groups excluding tert-OH is 1. The molecule has 4 N–H and O–H groups in total. The maximum atomic E-state index is 14.2. The van der Waals surface area contributed by atoms with Crippen molar-refractivity contribution in [3.05, 3.63) is 95.2 Å². The highest BCUT2D eigenvalue weighted by Crippen LogP contribution is 2.45. The highest BCUT2D eigenvalue weighted by atomic mass is 16.5. The number of amides is 4. The van der Waals surface area contributed by atoms with Crippen molar-refractivity contribution >= 4 is 40.4 Å². The number of fused-ring (bicyclic) bond motifs is 4. The van der Waals surface area contributed by atoms with Crippen LogP contribution in [0.3, 0.4) is 0 Å². The summed E-state index contributed by atoms with van der Waals surface area (Å²) >= 11 is 0. The summed E-state index contributed by atoms with van der Waals surface area (Å²) in [5.41, 5.74) is 3.29. The average Bonchev–Trinajstić information content (AvgIpc) is 3.48. The number of aliphatic carboxylic acids is 1. The number of carbonyl (C=O) groups is 4. The number of aromatic amines is 1. The Morgan fingerprint density at radius 3 is 2.52 bits per heavy atom. The second-order valence-electron chi connectivity index (χ2n) is 10.4. The largest absolute Gasteiger partial charge is 0.497 e. The first-order valence-corrected chi connectivity index (χ1v) is 13.4. The summed E-state index contributed by atoms with van der Waals surface area (Å²) in [4.78, 5) is 59.2. The normalized spacial score (nSPS) is 19.3. The van der Waals surface area contributed by atoms with Gasteiger partial charge in [0.15, 0.2) is 6.04 Å². The second kappa shape index (κ2) is 10.3. The van der Waals surface area contributed by atoms with Gasteiger partial charge in [0.25, 0.3) is 11.8 Å². The van der Waals surface area contributed by atoms with Crippen LogP contribution in [0, 0.1) is 0 Å². The molecule has 3 heterocycles. The van der Waals surface area contributed by atoms with Crippen LogP contribution in [0.15, 0.2) is 72.8 Å². The van der Waals surface area contributed by atoms with E-state index < -0.39 is 48.0 Å². The third-order valence-electron chi connectivity index (χ3n) is 7.88. The molecule has 1 fully saturated rings. The van der Waals surface area contributed by atoms with E-state index in [-0.39, 0.29) is 17.7 Å². The Bertz CT molecular complexity index is 1750.